The van der Waals surface area contributed by atoms with Crippen LogP contribution in [-0.2, 0) is 0 Å². The zero-order valence-corrected chi connectivity index (χ0v) is 16.8. The maximum atomic E-state index is 13.0. The summed E-state index contributed by atoms with van der Waals surface area (Å²) < 4.78 is 11.6. The highest BCUT2D eigenvalue weighted by Gasteiger charge is 2.28. The highest BCUT2D eigenvalue weighted by Crippen LogP contribution is 2.29. The zero-order chi connectivity index (χ0) is 20.2. The van der Waals surface area contributed by atoms with Crippen molar-refractivity contribution in [3.05, 3.63) is 66.1 Å². The van der Waals surface area contributed by atoms with E-state index in [1.54, 1.807) is 0 Å². The van der Waals surface area contributed by atoms with Crippen molar-refractivity contribution < 1.29 is 13.9 Å². The first-order valence-corrected chi connectivity index (χ1v) is 9.96. The molecule has 0 spiro atoms. The average molecular weight is 391 g/mol. The fourth-order valence-electron chi connectivity index (χ4n) is 3.59. The SMILES string of the molecule is CCOc1ccccc1N1CCN(C(=O)c2oc(-c3ccccc3)nc2C)CC1. The van der Waals surface area contributed by atoms with Crippen LogP contribution in [0.2, 0.25) is 0 Å². The summed E-state index contributed by atoms with van der Waals surface area (Å²) in [5.41, 5.74) is 2.56. The molecule has 0 aliphatic carbocycles. The van der Waals surface area contributed by atoms with E-state index in [9.17, 15) is 4.79 Å². The lowest BCUT2D eigenvalue weighted by atomic mass is 10.2. The first-order chi connectivity index (χ1) is 14.2. The van der Waals surface area contributed by atoms with Gasteiger partial charge >= 0.3 is 0 Å². The van der Waals surface area contributed by atoms with E-state index in [1.165, 1.54) is 0 Å². The molecule has 1 saturated heterocycles. The monoisotopic (exact) mass is 391 g/mol. The molecular formula is C23H25N3O3. The molecule has 29 heavy (non-hydrogen) atoms. The van der Waals surface area contributed by atoms with Gasteiger partial charge in [-0.2, -0.15) is 0 Å². The molecule has 4 rings (SSSR count). The van der Waals surface area contributed by atoms with E-state index in [0.29, 0.717) is 37.0 Å². The molecule has 3 aromatic rings. The molecule has 150 valence electrons. The van der Waals surface area contributed by atoms with Crippen LogP contribution in [0.3, 0.4) is 0 Å². The summed E-state index contributed by atoms with van der Waals surface area (Å²) in [6.07, 6.45) is 0. The predicted molar refractivity (Wildman–Crippen MR) is 112 cm³/mol. The van der Waals surface area contributed by atoms with Crippen molar-refractivity contribution in [2.75, 3.05) is 37.7 Å². The fourth-order valence-corrected chi connectivity index (χ4v) is 3.59. The molecule has 6 heteroatoms. The molecule has 0 atom stereocenters. The van der Waals surface area contributed by atoms with Crippen molar-refractivity contribution in [3.8, 4) is 17.2 Å². The maximum absolute atomic E-state index is 13.0. The van der Waals surface area contributed by atoms with Gasteiger partial charge in [-0.25, -0.2) is 4.98 Å². The Morgan fingerprint density at radius 3 is 2.45 bits per heavy atom. The molecule has 1 aliphatic heterocycles. The van der Waals surface area contributed by atoms with Gasteiger partial charge in [-0.3, -0.25) is 4.79 Å². The van der Waals surface area contributed by atoms with Crippen molar-refractivity contribution in [1.82, 2.24) is 9.88 Å². The quantitative estimate of drug-likeness (QED) is 0.658. The van der Waals surface area contributed by atoms with Crippen LogP contribution in [0.15, 0.2) is 59.0 Å². The number of piperazine rings is 1. The minimum Gasteiger partial charge on any atom is -0.492 e. The van der Waals surface area contributed by atoms with Gasteiger partial charge < -0.3 is 19.0 Å². The van der Waals surface area contributed by atoms with Gasteiger partial charge in [0.2, 0.25) is 11.7 Å². The number of aryl methyl sites for hydroxylation is 1. The van der Waals surface area contributed by atoms with Crippen LogP contribution in [0, 0.1) is 6.92 Å². The van der Waals surface area contributed by atoms with Gasteiger partial charge in [-0.05, 0) is 38.1 Å². The van der Waals surface area contributed by atoms with Crippen molar-refractivity contribution in [3.63, 3.8) is 0 Å². The van der Waals surface area contributed by atoms with Crippen LogP contribution in [-0.4, -0.2) is 48.6 Å². The molecule has 1 fully saturated rings. The van der Waals surface area contributed by atoms with E-state index in [4.69, 9.17) is 9.15 Å². The maximum Gasteiger partial charge on any atom is 0.291 e. The lowest BCUT2D eigenvalue weighted by Crippen LogP contribution is -2.49. The molecule has 0 unspecified atom stereocenters. The third-order valence-electron chi connectivity index (χ3n) is 5.08. The normalized spacial score (nSPS) is 14.1. The fraction of sp³-hybridized carbons (Fsp3) is 0.304. The molecule has 1 amide bonds. The second kappa shape index (κ2) is 8.39. The first-order valence-electron chi connectivity index (χ1n) is 9.96. The second-order valence-electron chi connectivity index (χ2n) is 6.98. The molecule has 0 saturated carbocycles. The molecule has 0 radical (unpaired) electrons. The molecule has 1 aliphatic rings. The summed E-state index contributed by atoms with van der Waals surface area (Å²) >= 11 is 0. The van der Waals surface area contributed by atoms with Gasteiger partial charge in [0.05, 0.1) is 18.0 Å². The van der Waals surface area contributed by atoms with Crippen molar-refractivity contribution in [2.45, 2.75) is 13.8 Å². The number of oxazole rings is 1. The molecular weight excluding hydrogens is 366 g/mol. The Hall–Kier alpha value is -3.28. The van der Waals surface area contributed by atoms with Gasteiger partial charge in [0.1, 0.15) is 5.75 Å². The summed E-state index contributed by atoms with van der Waals surface area (Å²) in [4.78, 5) is 21.6. The van der Waals surface area contributed by atoms with Gasteiger partial charge in [-0.1, -0.05) is 30.3 Å². The van der Waals surface area contributed by atoms with Gasteiger partial charge in [-0.15, -0.1) is 0 Å². The Labute approximate surface area is 170 Å². The number of hydrogen-bond acceptors (Lipinski definition) is 5. The second-order valence-corrected chi connectivity index (χ2v) is 6.98. The summed E-state index contributed by atoms with van der Waals surface area (Å²) in [6, 6.07) is 17.7. The van der Waals surface area contributed by atoms with Crippen molar-refractivity contribution in [1.29, 1.82) is 0 Å². The molecule has 1 aromatic heterocycles. The third-order valence-corrected chi connectivity index (χ3v) is 5.08. The van der Waals surface area contributed by atoms with Crippen LogP contribution in [0.5, 0.6) is 5.75 Å². The number of ether oxygens (including phenoxy) is 1. The summed E-state index contributed by atoms with van der Waals surface area (Å²) in [7, 11) is 0. The van der Waals surface area contributed by atoms with Crippen LogP contribution in [0.25, 0.3) is 11.5 Å². The molecule has 0 N–H and O–H groups in total. The number of benzene rings is 2. The number of anilines is 1. The first kappa shape index (κ1) is 19.1. The Morgan fingerprint density at radius 2 is 1.72 bits per heavy atom. The largest absolute Gasteiger partial charge is 0.492 e. The van der Waals surface area contributed by atoms with E-state index in [1.807, 2.05) is 67.3 Å². The summed E-state index contributed by atoms with van der Waals surface area (Å²) in [5, 5.41) is 0. The minimum absolute atomic E-state index is 0.102. The van der Waals surface area contributed by atoms with Crippen molar-refractivity contribution in [2.24, 2.45) is 0 Å². The minimum atomic E-state index is -0.102. The summed E-state index contributed by atoms with van der Waals surface area (Å²) in [6.45, 7) is 7.17. The average Bonchev–Trinajstić information content (AvgIpc) is 3.16. The highest BCUT2D eigenvalue weighted by molar-refractivity contribution is 5.93. The Morgan fingerprint density at radius 1 is 1.03 bits per heavy atom. The highest BCUT2D eigenvalue weighted by atomic mass is 16.5. The van der Waals surface area contributed by atoms with Gasteiger partial charge in [0.25, 0.3) is 5.91 Å². The number of carbonyl (C=O) groups is 1. The van der Waals surface area contributed by atoms with Gasteiger partial charge in [0, 0.05) is 31.7 Å². The van der Waals surface area contributed by atoms with E-state index in [0.717, 1.165) is 30.1 Å². The van der Waals surface area contributed by atoms with E-state index < -0.39 is 0 Å². The van der Waals surface area contributed by atoms with Crippen LogP contribution in [0.1, 0.15) is 23.2 Å². The Balaban J connectivity index is 1.46. The number of rotatable bonds is 5. The topological polar surface area (TPSA) is 58.8 Å². The lowest BCUT2D eigenvalue weighted by molar-refractivity contribution is 0.0714. The van der Waals surface area contributed by atoms with Crippen molar-refractivity contribution >= 4 is 11.6 Å². The standard InChI is InChI=1S/C23H25N3O3/c1-3-28-20-12-8-7-11-19(20)25-13-15-26(16-14-25)23(27)21-17(2)24-22(29-21)18-9-5-4-6-10-18/h4-12H,3,13-16H2,1-2H3. The molecule has 2 aromatic carbocycles. The van der Waals surface area contributed by atoms with Gasteiger partial charge in [0.15, 0.2) is 0 Å². The lowest BCUT2D eigenvalue weighted by Gasteiger charge is -2.36. The van der Waals surface area contributed by atoms with E-state index in [2.05, 4.69) is 16.0 Å². The third kappa shape index (κ3) is 3.97. The Bertz CT molecular complexity index is 976. The van der Waals surface area contributed by atoms with Crippen LogP contribution in [0.4, 0.5) is 5.69 Å². The van der Waals surface area contributed by atoms with E-state index >= 15 is 0 Å². The number of amides is 1. The zero-order valence-electron chi connectivity index (χ0n) is 16.8. The number of hydrogen-bond donors (Lipinski definition) is 0. The van der Waals surface area contributed by atoms with E-state index in [-0.39, 0.29) is 5.91 Å². The molecule has 6 nitrogen and oxygen atoms in total. The Kier molecular flexibility index (Phi) is 5.51. The number of nitrogens with zero attached hydrogens (tertiary/aromatic N) is 3. The molecule has 2 heterocycles. The predicted octanol–water partition coefficient (Wildman–Crippen LogP) is 4.01. The smallest absolute Gasteiger partial charge is 0.291 e. The number of carbonyl (C=O) groups excluding carboxylic acids is 1. The van der Waals surface area contributed by atoms with Crippen LogP contribution < -0.4 is 9.64 Å². The summed E-state index contributed by atoms with van der Waals surface area (Å²) in [5.74, 6) is 1.59. The van der Waals surface area contributed by atoms with Crippen LogP contribution >= 0.6 is 0 Å². The number of para-hydroxylation sites is 2. The number of aromatic nitrogens is 1. The molecule has 0 bridgehead atoms.